The van der Waals surface area contributed by atoms with Crippen molar-refractivity contribution in [3.05, 3.63) is 42.0 Å². The molecule has 2 aromatic carbocycles. The van der Waals surface area contributed by atoms with Crippen LogP contribution >= 0.6 is 21.6 Å². The molecule has 8 heteroatoms. The summed E-state index contributed by atoms with van der Waals surface area (Å²) in [6, 6.07) is 12.1. The Morgan fingerprint density at radius 2 is 1.76 bits per heavy atom. The number of amides is 2. The Balaban J connectivity index is 1.42. The number of carbonyl (C=O) groups excluding carboxylic acids is 2. The molecule has 0 radical (unpaired) electrons. The summed E-state index contributed by atoms with van der Waals surface area (Å²) in [5.74, 6) is 2.89. The highest BCUT2D eigenvalue weighted by Gasteiger charge is 2.29. The van der Waals surface area contributed by atoms with Gasteiger partial charge < -0.3 is 19.9 Å². The number of nitrogens with one attached hydrogen (secondary N) is 1. The van der Waals surface area contributed by atoms with Gasteiger partial charge in [0.15, 0.2) is 0 Å². The predicted molar refractivity (Wildman–Crippen MR) is 145 cm³/mol. The van der Waals surface area contributed by atoms with Crippen molar-refractivity contribution in [2.75, 3.05) is 58.9 Å². The molecular weight excluding hydrogens is 466 g/mol. The van der Waals surface area contributed by atoms with Crippen LogP contribution in [0, 0.1) is 5.92 Å². The summed E-state index contributed by atoms with van der Waals surface area (Å²) >= 11 is 0. The van der Waals surface area contributed by atoms with Crippen LogP contribution in [0.3, 0.4) is 0 Å². The van der Waals surface area contributed by atoms with E-state index in [-0.39, 0.29) is 23.7 Å². The van der Waals surface area contributed by atoms with E-state index in [0.29, 0.717) is 19.6 Å². The number of likely N-dealkylation sites (tertiary alicyclic amines) is 1. The third-order valence-electron chi connectivity index (χ3n) is 6.31. The zero-order chi connectivity index (χ0) is 24.5. The number of nitrogens with zero attached hydrogens (tertiary/aromatic N) is 2. The van der Waals surface area contributed by atoms with Gasteiger partial charge >= 0.3 is 0 Å². The molecule has 1 aliphatic rings. The van der Waals surface area contributed by atoms with E-state index in [1.165, 1.54) is 0 Å². The van der Waals surface area contributed by atoms with Crippen molar-refractivity contribution < 1.29 is 14.3 Å². The second-order valence-electron chi connectivity index (χ2n) is 9.03. The summed E-state index contributed by atoms with van der Waals surface area (Å²) < 4.78 is 5.30. The highest BCUT2D eigenvalue weighted by Crippen LogP contribution is 2.28. The molecule has 0 saturated carbocycles. The Labute approximate surface area is 211 Å². The van der Waals surface area contributed by atoms with Gasteiger partial charge in [0.2, 0.25) is 11.8 Å². The molecule has 1 atom stereocenters. The number of benzene rings is 2. The molecular formula is C26H37N3O3S2. The molecule has 0 aromatic heterocycles. The highest BCUT2D eigenvalue weighted by atomic mass is 33.1. The van der Waals surface area contributed by atoms with Crippen LogP contribution in [0.4, 0.5) is 0 Å². The fourth-order valence-electron chi connectivity index (χ4n) is 4.12. The molecule has 0 unspecified atom stereocenters. The normalized spacial score (nSPS) is 15.5. The first kappa shape index (κ1) is 26.7. The summed E-state index contributed by atoms with van der Waals surface area (Å²) in [6.45, 7) is 5.01. The molecule has 2 amide bonds. The van der Waals surface area contributed by atoms with Gasteiger partial charge in [0.05, 0.1) is 13.0 Å². The molecule has 1 saturated heterocycles. The fourth-order valence-corrected chi connectivity index (χ4v) is 6.16. The highest BCUT2D eigenvalue weighted by molar-refractivity contribution is 8.76. The van der Waals surface area contributed by atoms with Crippen LogP contribution in [0.2, 0.25) is 0 Å². The molecule has 34 heavy (non-hydrogen) atoms. The lowest BCUT2D eigenvalue weighted by atomic mass is 9.92. The van der Waals surface area contributed by atoms with Gasteiger partial charge in [-0.25, -0.2) is 0 Å². The quantitative estimate of drug-likeness (QED) is 0.365. The van der Waals surface area contributed by atoms with Crippen LogP contribution in [-0.4, -0.2) is 80.5 Å². The van der Waals surface area contributed by atoms with Gasteiger partial charge in [-0.1, -0.05) is 45.9 Å². The van der Waals surface area contributed by atoms with Crippen LogP contribution in [0.5, 0.6) is 5.75 Å². The molecule has 0 bridgehead atoms. The minimum atomic E-state index is -0.209. The van der Waals surface area contributed by atoms with Gasteiger partial charge in [-0.3, -0.25) is 9.59 Å². The molecule has 1 fully saturated rings. The molecule has 1 aliphatic heterocycles. The zero-order valence-electron chi connectivity index (χ0n) is 20.7. The minimum absolute atomic E-state index is 0.00130. The maximum Gasteiger partial charge on any atom is 0.229 e. The third-order valence-corrected chi connectivity index (χ3v) is 8.70. The van der Waals surface area contributed by atoms with Gasteiger partial charge in [0, 0.05) is 43.6 Å². The van der Waals surface area contributed by atoms with Gasteiger partial charge in [-0.05, 0) is 62.3 Å². The van der Waals surface area contributed by atoms with Crippen molar-refractivity contribution in [2.24, 2.45) is 5.92 Å². The summed E-state index contributed by atoms with van der Waals surface area (Å²) in [4.78, 5) is 29.8. The van der Waals surface area contributed by atoms with E-state index in [1.54, 1.807) is 7.11 Å². The van der Waals surface area contributed by atoms with E-state index in [9.17, 15) is 9.59 Å². The number of fused-ring (bicyclic) bond motifs is 1. The van der Waals surface area contributed by atoms with Crippen LogP contribution in [0.15, 0.2) is 36.4 Å². The van der Waals surface area contributed by atoms with Crippen molar-refractivity contribution in [1.82, 2.24) is 15.1 Å². The number of piperidine rings is 1. The van der Waals surface area contributed by atoms with Gasteiger partial charge in [0.1, 0.15) is 5.75 Å². The second-order valence-corrected chi connectivity index (χ2v) is 11.7. The monoisotopic (exact) mass is 503 g/mol. The molecule has 2 aromatic rings. The largest absolute Gasteiger partial charge is 0.497 e. The van der Waals surface area contributed by atoms with Crippen LogP contribution < -0.4 is 10.1 Å². The standard InChI is InChI=1S/C26H37N3O3S2/c1-19(21-5-6-23-18-24(32-4)8-7-22(23)17-21)26(31)29-12-9-20(10-13-29)25(30)27-11-15-33-34-16-14-28(2)3/h5-8,17-20H,9-16H2,1-4H3,(H,27,30)/t19-/m1/s1. The SMILES string of the molecule is COc1ccc2cc([C@@H](C)C(=O)N3CCC(C(=O)NCCSSCCN(C)C)CC3)ccc2c1. The minimum Gasteiger partial charge on any atom is -0.497 e. The van der Waals surface area contributed by atoms with Crippen molar-refractivity contribution in [2.45, 2.75) is 25.7 Å². The summed E-state index contributed by atoms with van der Waals surface area (Å²) in [5, 5.41) is 5.27. The Bertz CT molecular complexity index is 961. The van der Waals surface area contributed by atoms with Crippen LogP contribution in [-0.2, 0) is 9.59 Å². The van der Waals surface area contributed by atoms with Gasteiger partial charge in [0.25, 0.3) is 0 Å². The second kappa shape index (κ2) is 13.3. The molecule has 0 spiro atoms. The van der Waals surface area contributed by atoms with Crippen LogP contribution in [0.25, 0.3) is 10.8 Å². The van der Waals surface area contributed by atoms with Crippen LogP contribution in [0.1, 0.15) is 31.2 Å². The smallest absolute Gasteiger partial charge is 0.229 e. The van der Waals surface area contributed by atoms with E-state index >= 15 is 0 Å². The molecule has 186 valence electrons. The number of hydrogen-bond acceptors (Lipinski definition) is 6. The van der Waals surface area contributed by atoms with E-state index in [4.69, 9.17) is 4.74 Å². The van der Waals surface area contributed by atoms with Crippen molar-refractivity contribution in [3.63, 3.8) is 0 Å². The zero-order valence-corrected chi connectivity index (χ0v) is 22.3. The lowest BCUT2D eigenvalue weighted by molar-refractivity contribution is -0.136. The number of carbonyl (C=O) groups is 2. The third kappa shape index (κ3) is 7.55. The maximum absolute atomic E-state index is 13.1. The molecule has 1 heterocycles. The Morgan fingerprint density at radius 3 is 2.47 bits per heavy atom. The lowest BCUT2D eigenvalue weighted by Gasteiger charge is -2.33. The maximum atomic E-state index is 13.1. The molecule has 6 nitrogen and oxygen atoms in total. The first-order valence-electron chi connectivity index (χ1n) is 11.9. The Kier molecular flexibility index (Phi) is 10.4. The lowest BCUT2D eigenvalue weighted by Crippen LogP contribution is -2.44. The van der Waals surface area contributed by atoms with Gasteiger partial charge in [-0.2, -0.15) is 0 Å². The number of methoxy groups -OCH3 is 1. The summed E-state index contributed by atoms with van der Waals surface area (Å²) in [7, 11) is 9.47. The van der Waals surface area contributed by atoms with Crippen molar-refractivity contribution >= 4 is 44.2 Å². The van der Waals surface area contributed by atoms with E-state index in [0.717, 1.165) is 53.0 Å². The predicted octanol–water partition coefficient (Wildman–Crippen LogP) is 4.25. The fraction of sp³-hybridized carbons (Fsp3) is 0.538. The number of ether oxygens (including phenoxy) is 1. The number of hydrogen-bond donors (Lipinski definition) is 1. The Hall–Kier alpha value is -1.90. The molecule has 0 aliphatic carbocycles. The summed E-state index contributed by atoms with van der Waals surface area (Å²) in [6.07, 6.45) is 1.46. The average Bonchev–Trinajstić information content (AvgIpc) is 2.86. The summed E-state index contributed by atoms with van der Waals surface area (Å²) in [5.41, 5.74) is 1.02. The number of rotatable bonds is 11. The van der Waals surface area contributed by atoms with Gasteiger partial charge in [-0.15, -0.1) is 0 Å². The first-order valence-corrected chi connectivity index (χ1v) is 14.4. The van der Waals surface area contributed by atoms with E-state index in [1.807, 2.05) is 63.7 Å². The van der Waals surface area contributed by atoms with Crippen molar-refractivity contribution in [3.8, 4) is 5.75 Å². The first-order chi connectivity index (χ1) is 16.4. The Morgan fingerprint density at radius 1 is 1.09 bits per heavy atom. The molecule has 1 N–H and O–H groups in total. The van der Waals surface area contributed by atoms with Crippen molar-refractivity contribution in [1.29, 1.82) is 0 Å². The van der Waals surface area contributed by atoms with E-state index in [2.05, 4.69) is 30.4 Å². The average molecular weight is 504 g/mol. The molecule has 3 rings (SSSR count). The topological polar surface area (TPSA) is 61.9 Å². The van der Waals surface area contributed by atoms with E-state index < -0.39 is 0 Å².